The van der Waals surface area contributed by atoms with Gasteiger partial charge in [-0.1, -0.05) is 45.0 Å². The number of benzene rings is 2. The van der Waals surface area contributed by atoms with Crippen LogP contribution >= 0.6 is 0 Å². The molecule has 2 aromatic rings. The maximum absolute atomic E-state index is 12.6. The van der Waals surface area contributed by atoms with E-state index in [1.807, 2.05) is 4.90 Å². The maximum atomic E-state index is 12.6. The van der Waals surface area contributed by atoms with Gasteiger partial charge in [-0.2, -0.15) is 0 Å². The molecular weight excluding hydrogens is 346 g/mol. The number of amides is 1. The molecule has 1 N–H and O–H groups in total. The van der Waals surface area contributed by atoms with E-state index in [9.17, 15) is 4.79 Å². The van der Waals surface area contributed by atoms with E-state index in [2.05, 4.69) is 87.3 Å². The monoisotopic (exact) mass is 379 g/mol. The highest BCUT2D eigenvalue weighted by atomic mass is 16.2. The van der Waals surface area contributed by atoms with Crippen LogP contribution in [0.4, 0.5) is 11.4 Å². The highest BCUT2D eigenvalue weighted by molar-refractivity contribution is 5.81. The average Bonchev–Trinajstić information content (AvgIpc) is 2.68. The van der Waals surface area contributed by atoms with Crippen LogP contribution < -0.4 is 10.2 Å². The summed E-state index contributed by atoms with van der Waals surface area (Å²) in [5.41, 5.74) is 6.38. The van der Waals surface area contributed by atoms with Crippen molar-refractivity contribution in [3.05, 3.63) is 59.2 Å². The smallest absolute Gasteiger partial charge is 0.241 e. The van der Waals surface area contributed by atoms with E-state index in [4.69, 9.17) is 0 Å². The largest absolute Gasteiger partial charge is 0.376 e. The van der Waals surface area contributed by atoms with E-state index in [1.165, 1.54) is 22.4 Å². The Morgan fingerprint density at radius 1 is 0.964 bits per heavy atom. The number of carbonyl (C=O) groups excluding carboxylic acids is 1. The van der Waals surface area contributed by atoms with Gasteiger partial charge in [0, 0.05) is 37.6 Å². The van der Waals surface area contributed by atoms with Gasteiger partial charge in [0.05, 0.1) is 6.54 Å². The Hall–Kier alpha value is -2.49. The lowest BCUT2D eigenvalue weighted by atomic mass is 9.87. The normalized spacial score (nSPS) is 14.9. The zero-order valence-corrected chi connectivity index (χ0v) is 17.9. The molecule has 1 aliphatic heterocycles. The Morgan fingerprint density at radius 3 is 2.21 bits per heavy atom. The number of carbonyl (C=O) groups is 1. The van der Waals surface area contributed by atoms with Gasteiger partial charge in [-0.05, 0) is 54.2 Å². The first-order valence-electron chi connectivity index (χ1n) is 10.2. The van der Waals surface area contributed by atoms with E-state index in [0.717, 1.165) is 31.9 Å². The van der Waals surface area contributed by atoms with Crippen LogP contribution in [0.25, 0.3) is 0 Å². The van der Waals surface area contributed by atoms with Crippen molar-refractivity contribution in [2.24, 2.45) is 0 Å². The van der Waals surface area contributed by atoms with Gasteiger partial charge in [-0.25, -0.2) is 0 Å². The van der Waals surface area contributed by atoms with Crippen LogP contribution in [0.2, 0.25) is 0 Å². The van der Waals surface area contributed by atoms with Crippen molar-refractivity contribution in [3.8, 4) is 0 Å². The van der Waals surface area contributed by atoms with Gasteiger partial charge in [-0.3, -0.25) is 4.79 Å². The van der Waals surface area contributed by atoms with Crippen molar-refractivity contribution in [1.29, 1.82) is 0 Å². The molecule has 0 aromatic heterocycles. The molecule has 0 atom stereocenters. The molecule has 1 fully saturated rings. The molecule has 0 bridgehead atoms. The lowest BCUT2D eigenvalue weighted by molar-refractivity contribution is -0.129. The molecule has 0 aliphatic carbocycles. The first-order chi connectivity index (χ1) is 13.3. The van der Waals surface area contributed by atoms with Crippen molar-refractivity contribution >= 4 is 17.3 Å². The minimum atomic E-state index is 0.143. The summed E-state index contributed by atoms with van der Waals surface area (Å²) in [4.78, 5) is 17.0. The van der Waals surface area contributed by atoms with E-state index >= 15 is 0 Å². The Labute approximate surface area is 169 Å². The average molecular weight is 380 g/mol. The third-order valence-electron chi connectivity index (χ3n) is 5.74. The van der Waals surface area contributed by atoms with E-state index in [1.54, 1.807) is 0 Å². The Kier molecular flexibility index (Phi) is 5.97. The molecule has 4 heteroatoms. The molecule has 1 amide bonds. The highest BCUT2D eigenvalue weighted by Crippen LogP contribution is 2.25. The topological polar surface area (TPSA) is 35.6 Å². The number of hydrogen-bond acceptors (Lipinski definition) is 3. The molecule has 1 heterocycles. The van der Waals surface area contributed by atoms with Gasteiger partial charge in [0.25, 0.3) is 0 Å². The molecule has 1 aliphatic rings. The van der Waals surface area contributed by atoms with Crippen LogP contribution in [0.5, 0.6) is 0 Å². The zero-order chi connectivity index (χ0) is 20.3. The Bertz CT molecular complexity index is 813. The molecule has 4 nitrogen and oxygen atoms in total. The molecule has 0 radical (unpaired) electrons. The summed E-state index contributed by atoms with van der Waals surface area (Å²) in [6.07, 6.45) is 0. The predicted octanol–water partition coefficient (Wildman–Crippen LogP) is 4.36. The summed E-state index contributed by atoms with van der Waals surface area (Å²) < 4.78 is 0. The van der Waals surface area contributed by atoms with Crippen molar-refractivity contribution in [1.82, 2.24) is 4.90 Å². The lowest BCUT2D eigenvalue weighted by Gasteiger charge is -2.37. The van der Waals surface area contributed by atoms with Crippen molar-refractivity contribution in [3.63, 3.8) is 0 Å². The summed E-state index contributed by atoms with van der Waals surface area (Å²) in [5, 5.41) is 3.28. The minimum absolute atomic E-state index is 0.143. The number of nitrogens with one attached hydrogen (secondary N) is 1. The first kappa shape index (κ1) is 20.2. The molecule has 0 unspecified atom stereocenters. The van der Waals surface area contributed by atoms with Crippen molar-refractivity contribution in [2.75, 3.05) is 42.9 Å². The summed E-state index contributed by atoms with van der Waals surface area (Å²) in [7, 11) is 0. The molecule has 28 heavy (non-hydrogen) atoms. The summed E-state index contributed by atoms with van der Waals surface area (Å²) in [6, 6.07) is 14.8. The van der Waals surface area contributed by atoms with Crippen LogP contribution in [0, 0.1) is 13.8 Å². The van der Waals surface area contributed by atoms with Crippen molar-refractivity contribution < 1.29 is 4.79 Å². The van der Waals surface area contributed by atoms with E-state index in [-0.39, 0.29) is 11.3 Å². The Balaban J connectivity index is 1.51. The quantitative estimate of drug-likeness (QED) is 0.857. The van der Waals surface area contributed by atoms with Crippen LogP contribution in [-0.2, 0) is 10.2 Å². The SMILES string of the molecule is Cc1cccc(N2CCN(C(=O)CNc3ccc(C(C)(C)C)cc3)CC2)c1C. The fourth-order valence-electron chi connectivity index (χ4n) is 3.65. The first-order valence-corrected chi connectivity index (χ1v) is 10.2. The fraction of sp³-hybridized carbons (Fsp3) is 0.458. The third-order valence-corrected chi connectivity index (χ3v) is 5.74. The molecule has 1 saturated heterocycles. The van der Waals surface area contributed by atoms with Gasteiger partial charge in [0.1, 0.15) is 0 Å². The molecule has 0 spiro atoms. The third kappa shape index (κ3) is 4.67. The number of piperazine rings is 1. The second-order valence-electron chi connectivity index (χ2n) is 8.77. The standard InChI is InChI=1S/C24H33N3O/c1-18-7-6-8-22(19(18)2)26-13-15-27(16-14-26)23(28)17-25-21-11-9-20(10-12-21)24(3,4)5/h6-12,25H,13-17H2,1-5H3. The molecule has 0 saturated carbocycles. The number of anilines is 2. The number of nitrogens with zero attached hydrogens (tertiary/aromatic N) is 2. The summed E-state index contributed by atoms with van der Waals surface area (Å²) >= 11 is 0. The number of aryl methyl sites for hydroxylation is 1. The van der Waals surface area contributed by atoms with Gasteiger partial charge in [0.2, 0.25) is 5.91 Å². The molecule has 3 rings (SSSR count). The number of rotatable bonds is 4. The van der Waals surface area contributed by atoms with Gasteiger partial charge < -0.3 is 15.1 Å². The number of hydrogen-bond donors (Lipinski definition) is 1. The second-order valence-corrected chi connectivity index (χ2v) is 8.77. The van der Waals surface area contributed by atoms with Crippen LogP contribution in [0.15, 0.2) is 42.5 Å². The summed E-state index contributed by atoms with van der Waals surface area (Å²) in [5.74, 6) is 0.167. The molecular formula is C24H33N3O. The maximum Gasteiger partial charge on any atom is 0.241 e. The predicted molar refractivity (Wildman–Crippen MR) is 118 cm³/mol. The molecule has 2 aromatic carbocycles. The molecule has 150 valence electrons. The summed E-state index contributed by atoms with van der Waals surface area (Å²) in [6.45, 7) is 14.6. The highest BCUT2D eigenvalue weighted by Gasteiger charge is 2.22. The van der Waals surface area contributed by atoms with Gasteiger partial charge in [-0.15, -0.1) is 0 Å². The fourth-order valence-corrected chi connectivity index (χ4v) is 3.65. The van der Waals surface area contributed by atoms with Gasteiger partial charge in [0.15, 0.2) is 0 Å². The van der Waals surface area contributed by atoms with E-state index in [0.29, 0.717) is 6.54 Å². The van der Waals surface area contributed by atoms with Gasteiger partial charge >= 0.3 is 0 Å². The Morgan fingerprint density at radius 2 is 1.61 bits per heavy atom. The van der Waals surface area contributed by atoms with Crippen LogP contribution in [-0.4, -0.2) is 43.5 Å². The zero-order valence-electron chi connectivity index (χ0n) is 17.9. The van der Waals surface area contributed by atoms with Crippen LogP contribution in [0.3, 0.4) is 0 Å². The van der Waals surface area contributed by atoms with E-state index < -0.39 is 0 Å². The second kappa shape index (κ2) is 8.26. The van der Waals surface area contributed by atoms with Crippen molar-refractivity contribution in [2.45, 2.75) is 40.0 Å². The minimum Gasteiger partial charge on any atom is -0.376 e. The lowest BCUT2D eigenvalue weighted by Crippen LogP contribution is -2.50. The van der Waals surface area contributed by atoms with Crippen LogP contribution in [0.1, 0.15) is 37.5 Å².